The Kier molecular flexibility index (Phi) is 6.10. The molecule has 1 amide bonds. The van der Waals surface area contributed by atoms with Gasteiger partial charge in [0.2, 0.25) is 5.88 Å². The number of carbonyl (C=O) groups is 1. The fourth-order valence-corrected chi connectivity index (χ4v) is 3.34. The van der Waals surface area contributed by atoms with Gasteiger partial charge in [-0.2, -0.15) is 0 Å². The Bertz CT molecular complexity index is 720. The van der Waals surface area contributed by atoms with E-state index in [9.17, 15) is 4.79 Å². The minimum atomic E-state index is -0.0769. The summed E-state index contributed by atoms with van der Waals surface area (Å²) >= 11 is 0. The first-order chi connectivity index (χ1) is 12.6. The van der Waals surface area contributed by atoms with E-state index in [1.165, 1.54) is 12.8 Å². The lowest BCUT2D eigenvalue weighted by Gasteiger charge is -2.34. The van der Waals surface area contributed by atoms with E-state index in [1.807, 2.05) is 30.3 Å². The molecule has 3 atom stereocenters. The number of ether oxygens (including phenoxy) is 2. The maximum absolute atomic E-state index is 12.2. The molecule has 0 saturated heterocycles. The average Bonchev–Trinajstić information content (AvgIpc) is 2.65. The second-order valence-electron chi connectivity index (χ2n) is 6.97. The predicted molar refractivity (Wildman–Crippen MR) is 100 cm³/mol. The fourth-order valence-electron chi connectivity index (χ4n) is 3.34. The van der Waals surface area contributed by atoms with Crippen LogP contribution in [-0.2, 0) is 4.79 Å². The number of hydrogen-bond acceptors (Lipinski definition) is 4. The lowest BCUT2D eigenvalue weighted by Crippen LogP contribution is -2.45. The van der Waals surface area contributed by atoms with E-state index in [4.69, 9.17) is 9.47 Å². The maximum Gasteiger partial charge on any atom is 0.258 e. The molecule has 3 rings (SSSR count). The van der Waals surface area contributed by atoms with Crippen molar-refractivity contribution in [2.24, 2.45) is 11.8 Å². The molecular weight excluding hydrogens is 328 g/mol. The topological polar surface area (TPSA) is 60.5 Å². The van der Waals surface area contributed by atoms with E-state index in [-0.39, 0.29) is 18.6 Å². The average molecular weight is 354 g/mol. The SMILES string of the molecule is C[C@@H]1[C@H](C)CCC[C@H]1NC(=O)COc1cccc(Oc2ccccn2)c1. The van der Waals surface area contributed by atoms with Crippen molar-refractivity contribution in [2.45, 2.75) is 39.2 Å². The second kappa shape index (κ2) is 8.70. The molecule has 26 heavy (non-hydrogen) atoms. The molecule has 1 fully saturated rings. The Hall–Kier alpha value is -2.56. The number of nitrogens with zero attached hydrogens (tertiary/aromatic N) is 1. The van der Waals surface area contributed by atoms with Crippen LogP contribution < -0.4 is 14.8 Å². The zero-order valence-corrected chi connectivity index (χ0v) is 15.4. The molecule has 1 aliphatic rings. The number of hydrogen-bond donors (Lipinski definition) is 1. The molecule has 1 aromatic heterocycles. The first-order valence-corrected chi connectivity index (χ1v) is 9.23. The van der Waals surface area contributed by atoms with Gasteiger partial charge in [-0.25, -0.2) is 4.98 Å². The highest BCUT2D eigenvalue weighted by molar-refractivity contribution is 5.77. The molecule has 5 heteroatoms. The van der Waals surface area contributed by atoms with Crippen LogP contribution in [0.3, 0.4) is 0 Å². The quantitative estimate of drug-likeness (QED) is 0.845. The third-order valence-corrected chi connectivity index (χ3v) is 5.09. The van der Waals surface area contributed by atoms with Crippen molar-refractivity contribution in [3.8, 4) is 17.4 Å². The molecule has 1 saturated carbocycles. The van der Waals surface area contributed by atoms with E-state index in [0.717, 1.165) is 6.42 Å². The van der Waals surface area contributed by atoms with Gasteiger partial charge in [0.15, 0.2) is 6.61 Å². The minimum absolute atomic E-state index is 0.00460. The third-order valence-electron chi connectivity index (χ3n) is 5.09. The highest BCUT2D eigenvalue weighted by Crippen LogP contribution is 2.29. The van der Waals surface area contributed by atoms with E-state index in [1.54, 1.807) is 18.3 Å². The first-order valence-electron chi connectivity index (χ1n) is 9.23. The minimum Gasteiger partial charge on any atom is -0.484 e. The summed E-state index contributed by atoms with van der Waals surface area (Å²) in [6, 6.07) is 12.9. The Labute approximate surface area is 154 Å². The predicted octanol–water partition coefficient (Wildman–Crippen LogP) is 4.19. The summed E-state index contributed by atoms with van der Waals surface area (Å²) < 4.78 is 11.3. The molecule has 1 aliphatic carbocycles. The Morgan fingerprint density at radius 1 is 1.15 bits per heavy atom. The molecule has 2 aromatic rings. The van der Waals surface area contributed by atoms with Gasteiger partial charge in [0.25, 0.3) is 5.91 Å². The van der Waals surface area contributed by atoms with Crippen LogP contribution in [0.25, 0.3) is 0 Å². The summed E-state index contributed by atoms with van der Waals surface area (Å²) in [5, 5.41) is 3.12. The molecule has 0 bridgehead atoms. The number of pyridine rings is 1. The van der Waals surface area contributed by atoms with Crippen molar-refractivity contribution in [1.82, 2.24) is 10.3 Å². The number of aromatic nitrogens is 1. The van der Waals surface area contributed by atoms with Crippen LogP contribution in [0, 0.1) is 11.8 Å². The van der Waals surface area contributed by atoms with Gasteiger partial charge in [-0.05, 0) is 36.5 Å². The van der Waals surface area contributed by atoms with Gasteiger partial charge in [0.05, 0.1) is 0 Å². The van der Waals surface area contributed by atoms with Crippen LogP contribution in [0.1, 0.15) is 33.1 Å². The van der Waals surface area contributed by atoms with Gasteiger partial charge in [-0.1, -0.05) is 38.8 Å². The van der Waals surface area contributed by atoms with E-state index < -0.39 is 0 Å². The summed E-state index contributed by atoms with van der Waals surface area (Å²) in [5.74, 6) is 2.81. The van der Waals surface area contributed by atoms with Crippen molar-refractivity contribution >= 4 is 5.91 Å². The zero-order chi connectivity index (χ0) is 18.4. The number of nitrogens with one attached hydrogen (secondary N) is 1. The Balaban J connectivity index is 1.51. The molecular formula is C21H26N2O3. The second-order valence-corrected chi connectivity index (χ2v) is 6.97. The highest BCUT2D eigenvalue weighted by Gasteiger charge is 2.28. The van der Waals surface area contributed by atoms with Crippen LogP contribution in [0.2, 0.25) is 0 Å². The Morgan fingerprint density at radius 3 is 2.81 bits per heavy atom. The summed E-state index contributed by atoms with van der Waals surface area (Å²) in [6.07, 6.45) is 5.13. The third kappa shape index (κ3) is 4.97. The van der Waals surface area contributed by atoms with Crippen molar-refractivity contribution in [1.29, 1.82) is 0 Å². The lowest BCUT2D eigenvalue weighted by molar-refractivity contribution is -0.124. The van der Waals surface area contributed by atoms with Crippen LogP contribution >= 0.6 is 0 Å². The highest BCUT2D eigenvalue weighted by atomic mass is 16.5. The van der Waals surface area contributed by atoms with Gasteiger partial charge in [0, 0.05) is 24.4 Å². The molecule has 0 unspecified atom stereocenters. The molecule has 0 aliphatic heterocycles. The van der Waals surface area contributed by atoms with Crippen molar-refractivity contribution < 1.29 is 14.3 Å². The summed E-state index contributed by atoms with van der Waals surface area (Å²) in [6.45, 7) is 4.48. The van der Waals surface area contributed by atoms with Crippen molar-refractivity contribution in [3.05, 3.63) is 48.7 Å². The summed E-state index contributed by atoms with van der Waals surface area (Å²) in [7, 11) is 0. The van der Waals surface area contributed by atoms with Gasteiger partial charge in [-0.15, -0.1) is 0 Å². The number of rotatable bonds is 6. The monoisotopic (exact) mass is 354 g/mol. The van der Waals surface area contributed by atoms with E-state index in [2.05, 4.69) is 24.1 Å². The molecule has 1 N–H and O–H groups in total. The summed E-state index contributed by atoms with van der Waals surface area (Å²) in [4.78, 5) is 16.4. The normalized spacial score (nSPS) is 22.5. The van der Waals surface area contributed by atoms with Gasteiger partial charge in [0.1, 0.15) is 11.5 Å². The first kappa shape index (κ1) is 18.2. The number of amides is 1. The van der Waals surface area contributed by atoms with E-state index in [0.29, 0.717) is 29.2 Å². The van der Waals surface area contributed by atoms with Crippen LogP contribution in [0.5, 0.6) is 17.4 Å². The molecule has 0 radical (unpaired) electrons. The zero-order valence-electron chi connectivity index (χ0n) is 15.4. The Morgan fingerprint density at radius 2 is 2.00 bits per heavy atom. The van der Waals surface area contributed by atoms with Gasteiger partial charge < -0.3 is 14.8 Å². The fraction of sp³-hybridized carbons (Fsp3) is 0.429. The number of carbonyl (C=O) groups excluding carboxylic acids is 1. The van der Waals surface area contributed by atoms with Crippen LogP contribution in [-0.4, -0.2) is 23.5 Å². The lowest BCUT2D eigenvalue weighted by atomic mass is 9.78. The van der Waals surface area contributed by atoms with Crippen molar-refractivity contribution in [2.75, 3.05) is 6.61 Å². The number of benzene rings is 1. The van der Waals surface area contributed by atoms with E-state index >= 15 is 0 Å². The van der Waals surface area contributed by atoms with Crippen molar-refractivity contribution in [3.63, 3.8) is 0 Å². The maximum atomic E-state index is 12.2. The largest absolute Gasteiger partial charge is 0.484 e. The molecule has 138 valence electrons. The molecule has 1 heterocycles. The standard InChI is InChI=1S/C21H26N2O3/c1-15-7-5-10-19(16(15)2)23-20(24)14-25-17-8-6-9-18(13-17)26-21-11-3-4-12-22-21/h3-4,6,8-9,11-13,15-16,19H,5,7,10,14H2,1-2H3,(H,23,24)/t15-,16-,19-/m1/s1. The molecule has 0 spiro atoms. The smallest absolute Gasteiger partial charge is 0.258 e. The molecule has 5 nitrogen and oxygen atoms in total. The van der Waals surface area contributed by atoms with Gasteiger partial charge in [-0.3, -0.25) is 4.79 Å². The van der Waals surface area contributed by atoms with Gasteiger partial charge >= 0.3 is 0 Å². The van der Waals surface area contributed by atoms with Crippen LogP contribution in [0.4, 0.5) is 0 Å². The molecule has 1 aromatic carbocycles. The summed E-state index contributed by atoms with van der Waals surface area (Å²) in [5.41, 5.74) is 0. The van der Waals surface area contributed by atoms with Crippen LogP contribution in [0.15, 0.2) is 48.7 Å².